The Morgan fingerprint density at radius 3 is 2.38 bits per heavy atom. The van der Waals surface area contributed by atoms with Crippen LogP contribution in [-0.2, 0) is 16.2 Å². The smallest absolute Gasteiger partial charge is 0.387 e. The average molecular weight is 323 g/mol. The molecule has 118 valence electrons. The van der Waals surface area contributed by atoms with Gasteiger partial charge in [-0.3, -0.25) is 5.41 Å². The van der Waals surface area contributed by atoms with Crippen LogP contribution in [0.2, 0.25) is 0 Å². The third-order valence-corrected chi connectivity index (χ3v) is 4.30. The molecule has 0 heterocycles. The molecule has 0 saturated heterocycles. The minimum absolute atomic E-state index is 0.194. The second-order valence-electron chi connectivity index (χ2n) is 5.15. The standard InChI is InChI=1S/C12H16F3N3O2S/c1-11(2,10(16)17)7-18-21(19,20)9-5-3-4-8(6-9)12(13,14)15/h3-6,18H,7H2,1-2H3,(H3,16,17). The van der Waals surface area contributed by atoms with E-state index in [2.05, 4.69) is 4.72 Å². The predicted molar refractivity (Wildman–Crippen MR) is 72.3 cm³/mol. The van der Waals surface area contributed by atoms with Gasteiger partial charge in [0.05, 0.1) is 16.3 Å². The summed E-state index contributed by atoms with van der Waals surface area (Å²) < 4.78 is 63.9. The first kappa shape index (κ1) is 17.4. The Bertz CT molecular complexity index is 639. The lowest BCUT2D eigenvalue weighted by atomic mass is 9.93. The van der Waals surface area contributed by atoms with Gasteiger partial charge in [0.15, 0.2) is 0 Å². The van der Waals surface area contributed by atoms with Gasteiger partial charge in [-0.2, -0.15) is 13.2 Å². The maximum absolute atomic E-state index is 12.6. The van der Waals surface area contributed by atoms with Crippen molar-refractivity contribution in [1.29, 1.82) is 5.41 Å². The summed E-state index contributed by atoms with van der Waals surface area (Å²) in [5.41, 5.74) is 3.34. The molecule has 0 amide bonds. The summed E-state index contributed by atoms with van der Waals surface area (Å²) in [7, 11) is -4.11. The number of alkyl halides is 3. The number of rotatable bonds is 5. The second-order valence-corrected chi connectivity index (χ2v) is 6.91. The van der Waals surface area contributed by atoms with E-state index in [1.54, 1.807) is 13.8 Å². The molecular weight excluding hydrogens is 307 g/mol. The Balaban J connectivity index is 3.02. The molecule has 4 N–H and O–H groups in total. The molecule has 9 heteroatoms. The van der Waals surface area contributed by atoms with Gasteiger partial charge in [-0.1, -0.05) is 19.9 Å². The van der Waals surface area contributed by atoms with Gasteiger partial charge < -0.3 is 5.73 Å². The summed E-state index contributed by atoms with van der Waals surface area (Å²) >= 11 is 0. The van der Waals surface area contributed by atoms with Crippen molar-refractivity contribution in [2.45, 2.75) is 24.9 Å². The highest BCUT2D eigenvalue weighted by Crippen LogP contribution is 2.30. The number of amidine groups is 1. The molecule has 0 aliphatic carbocycles. The Kier molecular flexibility index (Phi) is 4.69. The predicted octanol–water partition coefficient (Wildman–Crippen LogP) is 1.95. The second kappa shape index (κ2) is 5.64. The van der Waals surface area contributed by atoms with Crippen molar-refractivity contribution in [3.63, 3.8) is 0 Å². The van der Waals surface area contributed by atoms with E-state index in [0.717, 1.165) is 18.2 Å². The highest BCUT2D eigenvalue weighted by atomic mass is 32.2. The first-order valence-corrected chi connectivity index (χ1v) is 7.36. The summed E-state index contributed by atoms with van der Waals surface area (Å²) in [6.07, 6.45) is -4.62. The molecular formula is C12H16F3N3O2S. The van der Waals surface area contributed by atoms with Crippen molar-refractivity contribution < 1.29 is 21.6 Å². The van der Waals surface area contributed by atoms with E-state index < -0.39 is 32.1 Å². The van der Waals surface area contributed by atoms with Crippen LogP contribution in [0.4, 0.5) is 13.2 Å². The van der Waals surface area contributed by atoms with Crippen molar-refractivity contribution >= 4 is 15.9 Å². The molecule has 1 aromatic carbocycles. The molecule has 0 saturated carbocycles. The number of nitrogens with one attached hydrogen (secondary N) is 2. The summed E-state index contributed by atoms with van der Waals surface area (Å²) in [6.45, 7) is 2.90. The first-order valence-electron chi connectivity index (χ1n) is 5.88. The van der Waals surface area contributed by atoms with Gasteiger partial charge in [-0.15, -0.1) is 0 Å². The quantitative estimate of drug-likeness (QED) is 0.571. The summed E-state index contributed by atoms with van der Waals surface area (Å²) in [5.74, 6) is -0.228. The fourth-order valence-corrected chi connectivity index (χ4v) is 2.55. The van der Waals surface area contributed by atoms with Crippen LogP contribution in [0.3, 0.4) is 0 Å². The average Bonchev–Trinajstić information content (AvgIpc) is 2.36. The normalized spacial score (nSPS) is 13.2. The van der Waals surface area contributed by atoms with Gasteiger partial charge in [0, 0.05) is 12.0 Å². The summed E-state index contributed by atoms with van der Waals surface area (Å²) in [5, 5.41) is 7.32. The number of nitrogens with two attached hydrogens (primary N) is 1. The Morgan fingerprint density at radius 2 is 1.90 bits per heavy atom. The monoisotopic (exact) mass is 323 g/mol. The SMILES string of the molecule is CC(C)(CNS(=O)(=O)c1cccc(C(F)(F)F)c1)C(=N)N. The molecule has 0 spiro atoms. The van der Waals surface area contributed by atoms with Crippen molar-refractivity contribution in [3.05, 3.63) is 29.8 Å². The maximum Gasteiger partial charge on any atom is 0.416 e. The van der Waals surface area contributed by atoms with Gasteiger partial charge in [-0.25, -0.2) is 13.1 Å². The molecule has 21 heavy (non-hydrogen) atoms. The Hall–Kier alpha value is -1.61. The van der Waals surface area contributed by atoms with Gasteiger partial charge in [0.25, 0.3) is 0 Å². The van der Waals surface area contributed by atoms with Crippen LogP contribution in [0.15, 0.2) is 29.2 Å². The fourth-order valence-electron chi connectivity index (χ4n) is 1.29. The van der Waals surface area contributed by atoms with Crippen LogP contribution in [0.1, 0.15) is 19.4 Å². The minimum atomic E-state index is -4.62. The number of sulfonamides is 1. The highest BCUT2D eigenvalue weighted by Gasteiger charge is 2.32. The third-order valence-electron chi connectivity index (χ3n) is 2.90. The van der Waals surface area contributed by atoms with Crippen LogP contribution in [-0.4, -0.2) is 20.8 Å². The number of benzene rings is 1. The molecule has 0 aliphatic heterocycles. The van der Waals surface area contributed by atoms with E-state index in [0.29, 0.717) is 6.07 Å². The molecule has 0 aliphatic rings. The molecule has 0 unspecified atom stereocenters. The molecule has 0 radical (unpaired) electrons. The van der Waals surface area contributed by atoms with E-state index >= 15 is 0 Å². The van der Waals surface area contributed by atoms with E-state index in [4.69, 9.17) is 11.1 Å². The van der Waals surface area contributed by atoms with Gasteiger partial charge in [0.2, 0.25) is 10.0 Å². The van der Waals surface area contributed by atoms with E-state index in [-0.39, 0.29) is 12.4 Å². The van der Waals surface area contributed by atoms with Crippen LogP contribution in [0, 0.1) is 10.8 Å². The lowest BCUT2D eigenvalue weighted by Crippen LogP contribution is -2.42. The van der Waals surface area contributed by atoms with Gasteiger partial charge >= 0.3 is 6.18 Å². The van der Waals surface area contributed by atoms with E-state index in [9.17, 15) is 21.6 Å². The zero-order chi connectivity index (χ0) is 16.5. The zero-order valence-corrected chi connectivity index (χ0v) is 12.3. The first-order chi connectivity index (χ1) is 9.36. The molecule has 1 rings (SSSR count). The Morgan fingerprint density at radius 1 is 1.33 bits per heavy atom. The zero-order valence-electron chi connectivity index (χ0n) is 11.5. The lowest BCUT2D eigenvalue weighted by Gasteiger charge is -2.23. The molecule has 5 nitrogen and oxygen atoms in total. The summed E-state index contributed by atoms with van der Waals surface area (Å²) in [4.78, 5) is -0.489. The molecule has 0 atom stereocenters. The fraction of sp³-hybridized carbons (Fsp3) is 0.417. The van der Waals surface area contributed by atoms with Crippen molar-refractivity contribution in [2.75, 3.05) is 6.54 Å². The number of hydrogen-bond acceptors (Lipinski definition) is 3. The minimum Gasteiger partial charge on any atom is -0.387 e. The highest BCUT2D eigenvalue weighted by molar-refractivity contribution is 7.89. The summed E-state index contributed by atoms with van der Waals surface area (Å²) in [6, 6.07) is 3.44. The van der Waals surface area contributed by atoms with Gasteiger partial charge in [-0.05, 0) is 18.2 Å². The Labute approximate surface area is 120 Å². The van der Waals surface area contributed by atoms with Crippen LogP contribution >= 0.6 is 0 Å². The van der Waals surface area contributed by atoms with Crippen LogP contribution in [0.25, 0.3) is 0 Å². The topological polar surface area (TPSA) is 96.0 Å². The van der Waals surface area contributed by atoms with Crippen LogP contribution in [0.5, 0.6) is 0 Å². The van der Waals surface area contributed by atoms with Crippen LogP contribution < -0.4 is 10.5 Å². The van der Waals surface area contributed by atoms with Crippen molar-refractivity contribution in [1.82, 2.24) is 4.72 Å². The maximum atomic E-state index is 12.6. The van der Waals surface area contributed by atoms with E-state index in [1.807, 2.05) is 0 Å². The molecule has 0 fully saturated rings. The molecule has 0 aromatic heterocycles. The molecule has 1 aromatic rings. The number of hydrogen-bond donors (Lipinski definition) is 3. The largest absolute Gasteiger partial charge is 0.416 e. The third kappa shape index (κ3) is 4.43. The number of halogens is 3. The van der Waals surface area contributed by atoms with Crippen molar-refractivity contribution in [2.24, 2.45) is 11.1 Å². The lowest BCUT2D eigenvalue weighted by molar-refractivity contribution is -0.137. The van der Waals surface area contributed by atoms with E-state index in [1.165, 1.54) is 0 Å². The van der Waals surface area contributed by atoms with Gasteiger partial charge in [0.1, 0.15) is 0 Å². The molecule has 0 bridgehead atoms. The van der Waals surface area contributed by atoms with Crippen molar-refractivity contribution in [3.8, 4) is 0 Å².